The van der Waals surface area contributed by atoms with Crippen LogP contribution in [-0.2, 0) is 12.7 Å². The monoisotopic (exact) mass is 425 g/mol. The van der Waals surface area contributed by atoms with Crippen molar-refractivity contribution in [2.24, 2.45) is 0 Å². The second-order valence-corrected chi connectivity index (χ2v) is 7.14. The van der Waals surface area contributed by atoms with Crippen LogP contribution in [-0.4, -0.2) is 19.8 Å². The van der Waals surface area contributed by atoms with Gasteiger partial charge in [0.25, 0.3) is 0 Å². The molecule has 1 heterocycles. The number of hydrogen-bond donors (Lipinski definition) is 1. The Morgan fingerprint density at radius 1 is 0.903 bits per heavy atom. The molecule has 0 atom stereocenters. The Kier molecular flexibility index (Phi) is 5.10. The zero-order valence-electron chi connectivity index (χ0n) is 16.5. The van der Waals surface area contributed by atoms with Crippen LogP contribution in [0.25, 0.3) is 16.8 Å². The molecular formula is C22H18F3N5O. The molecule has 0 aliphatic heterocycles. The van der Waals surface area contributed by atoms with Crippen LogP contribution in [0.1, 0.15) is 16.7 Å². The Hall–Kier alpha value is -3.88. The van der Waals surface area contributed by atoms with Crippen LogP contribution in [0.15, 0.2) is 71.5 Å². The van der Waals surface area contributed by atoms with E-state index in [0.29, 0.717) is 16.9 Å². The van der Waals surface area contributed by atoms with Gasteiger partial charge < -0.3 is 5.73 Å². The molecule has 4 aromatic rings. The Bertz CT molecular complexity index is 1270. The van der Waals surface area contributed by atoms with Gasteiger partial charge in [0, 0.05) is 5.69 Å². The van der Waals surface area contributed by atoms with Crippen LogP contribution in [0.3, 0.4) is 0 Å². The molecule has 0 bridgehead atoms. The minimum Gasteiger partial charge on any atom is -0.399 e. The summed E-state index contributed by atoms with van der Waals surface area (Å²) >= 11 is 0. The maximum atomic E-state index is 12.7. The number of alkyl halides is 3. The van der Waals surface area contributed by atoms with E-state index in [4.69, 9.17) is 5.73 Å². The van der Waals surface area contributed by atoms with Gasteiger partial charge in [-0.3, -0.25) is 0 Å². The highest BCUT2D eigenvalue weighted by molar-refractivity contribution is 5.65. The zero-order valence-corrected chi connectivity index (χ0v) is 16.5. The molecule has 0 saturated carbocycles. The molecule has 0 amide bonds. The number of hydrogen-bond acceptors (Lipinski definition) is 4. The van der Waals surface area contributed by atoms with E-state index in [1.807, 2.05) is 19.1 Å². The average molecular weight is 425 g/mol. The van der Waals surface area contributed by atoms with Crippen LogP contribution in [0.2, 0.25) is 0 Å². The number of aryl methyl sites for hydroxylation is 1. The lowest BCUT2D eigenvalue weighted by Crippen LogP contribution is -2.24. The van der Waals surface area contributed by atoms with E-state index in [2.05, 4.69) is 10.4 Å². The molecule has 31 heavy (non-hydrogen) atoms. The quantitative estimate of drug-likeness (QED) is 0.501. The van der Waals surface area contributed by atoms with Gasteiger partial charge in [0.15, 0.2) is 0 Å². The van der Waals surface area contributed by atoms with Crippen molar-refractivity contribution < 1.29 is 13.2 Å². The summed E-state index contributed by atoms with van der Waals surface area (Å²) < 4.78 is 40.6. The minimum absolute atomic E-state index is 0.254. The maximum absolute atomic E-state index is 12.7. The van der Waals surface area contributed by atoms with Gasteiger partial charge in [-0.2, -0.15) is 22.5 Å². The predicted molar refractivity (Wildman–Crippen MR) is 111 cm³/mol. The first-order valence-electron chi connectivity index (χ1n) is 9.38. The van der Waals surface area contributed by atoms with E-state index in [1.54, 1.807) is 30.3 Å². The molecular weight excluding hydrogens is 407 g/mol. The Morgan fingerprint density at radius 3 is 2.10 bits per heavy atom. The van der Waals surface area contributed by atoms with E-state index in [9.17, 15) is 18.0 Å². The van der Waals surface area contributed by atoms with Gasteiger partial charge in [-0.15, -0.1) is 0 Å². The molecule has 3 aromatic carbocycles. The fourth-order valence-electron chi connectivity index (χ4n) is 3.19. The van der Waals surface area contributed by atoms with Crippen molar-refractivity contribution in [3.8, 4) is 16.8 Å². The summed E-state index contributed by atoms with van der Waals surface area (Å²) in [6, 6.07) is 17.2. The first-order valence-corrected chi connectivity index (χ1v) is 9.38. The fraction of sp³-hybridized carbons (Fsp3) is 0.136. The Balaban J connectivity index is 1.56. The highest BCUT2D eigenvalue weighted by Crippen LogP contribution is 2.31. The second-order valence-electron chi connectivity index (χ2n) is 7.14. The van der Waals surface area contributed by atoms with Crippen molar-refractivity contribution in [2.75, 3.05) is 5.73 Å². The normalized spacial score (nSPS) is 11.6. The highest BCUT2D eigenvalue weighted by Gasteiger charge is 2.29. The number of nitrogen functional groups attached to an aromatic ring is 1. The molecule has 158 valence electrons. The molecule has 0 radical (unpaired) electrons. The van der Waals surface area contributed by atoms with Crippen molar-refractivity contribution in [3.63, 3.8) is 0 Å². The highest BCUT2D eigenvalue weighted by atomic mass is 19.4. The van der Waals surface area contributed by atoms with E-state index < -0.39 is 17.4 Å². The molecule has 4 rings (SSSR count). The Morgan fingerprint density at radius 2 is 1.52 bits per heavy atom. The number of aromatic nitrogens is 4. The van der Waals surface area contributed by atoms with Gasteiger partial charge in [-0.1, -0.05) is 36.4 Å². The van der Waals surface area contributed by atoms with Gasteiger partial charge in [0.05, 0.1) is 17.8 Å². The van der Waals surface area contributed by atoms with E-state index >= 15 is 0 Å². The summed E-state index contributed by atoms with van der Waals surface area (Å²) in [5.41, 5.74) is 9.03. The molecule has 0 fully saturated rings. The number of nitrogens with two attached hydrogens (primary N) is 1. The lowest BCUT2D eigenvalue weighted by molar-refractivity contribution is -0.137. The van der Waals surface area contributed by atoms with E-state index in [1.165, 1.54) is 21.5 Å². The smallest absolute Gasteiger partial charge is 0.399 e. The molecule has 0 aliphatic carbocycles. The number of nitrogens with zero attached hydrogens (tertiary/aromatic N) is 4. The summed E-state index contributed by atoms with van der Waals surface area (Å²) in [6.45, 7) is 2.14. The summed E-state index contributed by atoms with van der Waals surface area (Å²) in [5, 5.41) is 7.86. The maximum Gasteiger partial charge on any atom is 0.416 e. The lowest BCUT2D eigenvalue weighted by atomic mass is 10.0. The SMILES string of the molecule is Cc1cc(Cn2nnn(-c3ccc(-c4ccc(C(F)(F)F)cc4)cc3)c2=O)ccc1N. The van der Waals surface area contributed by atoms with Crippen molar-refractivity contribution >= 4 is 5.69 Å². The van der Waals surface area contributed by atoms with Gasteiger partial charge in [0.1, 0.15) is 0 Å². The van der Waals surface area contributed by atoms with Crippen LogP contribution in [0, 0.1) is 6.92 Å². The van der Waals surface area contributed by atoms with Gasteiger partial charge in [-0.05, 0) is 69.9 Å². The molecule has 6 nitrogen and oxygen atoms in total. The second kappa shape index (κ2) is 7.75. The molecule has 0 saturated heterocycles. The van der Waals surface area contributed by atoms with Gasteiger partial charge >= 0.3 is 11.9 Å². The third-order valence-electron chi connectivity index (χ3n) is 4.96. The summed E-state index contributed by atoms with van der Waals surface area (Å²) in [6.07, 6.45) is -4.37. The standard InChI is InChI=1S/C22H18F3N5O/c1-14-12-15(2-11-20(14)26)13-29-21(31)30(28-27-29)19-9-5-17(6-10-19)16-3-7-18(8-4-16)22(23,24)25/h2-12H,13,26H2,1H3. The number of halogens is 3. The molecule has 0 unspecified atom stereocenters. The first-order chi connectivity index (χ1) is 14.7. The van der Waals surface area contributed by atoms with Crippen molar-refractivity contribution in [2.45, 2.75) is 19.6 Å². The summed E-state index contributed by atoms with van der Waals surface area (Å²) in [7, 11) is 0. The largest absolute Gasteiger partial charge is 0.416 e. The average Bonchev–Trinajstić information content (AvgIpc) is 3.10. The minimum atomic E-state index is -4.37. The molecule has 2 N–H and O–H groups in total. The third kappa shape index (κ3) is 4.20. The van der Waals surface area contributed by atoms with Crippen molar-refractivity contribution in [1.82, 2.24) is 19.8 Å². The number of benzene rings is 3. The van der Waals surface area contributed by atoms with Crippen molar-refractivity contribution in [1.29, 1.82) is 0 Å². The topological polar surface area (TPSA) is 78.7 Å². The lowest BCUT2D eigenvalue weighted by Gasteiger charge is -2.08. The molecule has 1 aromatic heterocycles. The van der Waals surface area contributed by atoms with Crippen LogP contribution >= 0.6 is 0 Å². The predicted octanol–water partition coefficient (Wildman–Crippen LogP) is 4.05. The van der Waals surface area contributed by atoms with Gasteiger partial charge in [-0.25, -0.2) is 4.79 Å². The first kappa shape index (κ1) is 20.4. The van der Waals surface area contributed by atoms with Crippen LogP contribution < -0.4 is 11.4 Å². The Labute approximate surface area is 175 Å². The van der Waals surface area contributed by atoms with Gasteiger partial charge in [0.2, 0.25) is 0 Å². The zero-order chi connectivity index (χ0) is 22.2. The fourth-order valence-corrected chi connectivity index (χ4v) is 3.19. The summed E-state index contributed by atoms with van der Waals surface area (Å²) in [4.78, 5) is 12.7. The summed E-state index contributed by atoms with van der Waals surface area (Å²) in [5.74, 6) is 0. The molecule has 9 heteroatoms. The number of anilines is 1. The van der Waals surface area contributed by atoms with Crippen LogP contribution in [0.5, 0.6) is 0 Å². The van der Waals surface area contributed by atoms with Crippen molar-refractivity contribution in [3.05, 3.63) is 93.9 Å². The van der Waals surface area contributed by atoms with Crippen LogP contribution in [0.4, 0.5) is 18.9 Å². The third-order valence-corrected chi connectivity index (χ3v) is 4.96. The molecule has 0 aliphatic rings. The van der Waals surface area contributed by atoms with E-state index in [0.717, 1.165) is 28.8 Å². The number of tetrazole rings is 1. The van der Waals surface area contributed by atoms with E-state index in [-0.39, 0.29) is 6.54 Å². The number of rotatable bonds is 4. The molecule has 0 spiro atoms.